The zero-order valence-corrected chi connectivity index (χ0v) is 11.8. The second kappa shape index (κ2) is 6.04. The van der Waals surface area contributed by atoms with Gasteiger partial charge in [0.25, 0.3) is 0 Å². The maximum atomic E-state index is 8.82. The summed E-state index contributed by atoms with van der Waals surface area (Å²) < 4.78 is 6.13. The summed E-state index contributed by atoms with van der Waals surface area (Å²) in [6.07, 6.45) is 9.41. The van der Waals surface area contributed by atoms with E-state index in [0.29, 0.717) is 18.5 Å². The molecule has 2 unspecified atom stereocenters. The third kappa shape index (κ3) is 3.05. The molecule has 0 aromatic carbocycles. The molecule has 1 saturated carbocycles. The van der Waals surface area contributed by atoms with Gasteiger partial charge < -0.3 is 4.74 Å². The van der Waals surface area contributed by atoms with Crippen LogP contribution in [0.3, 0.4) is 0 Å². The van der Waals surface area contributed by atoms with Crippen molar-refractivity contribution in [3.8, 4) is 6.07 Å². The topological polar surface area (TPSA) is 36.3 Å². The van der Waals surface area contributed by atoms with Crippen molar-refractivity contribution >= 4 is 0 Å². The van der Waals surface area contributed by atoms with E-state index in [0.717, 1.165) is 13.0 Å². The highest BCUT2D eigenvalue weighted by atomic mass is 16.5. The van der Waals surface area contributed by atoms with Crippen molar-refractivity contribution in [3.63, 3.8) is 0 Å². The first-order valence-electron chi connectivity index (χ1n) is 7.40. The fourth-order valence-electron chi connectivity index (χ4n) is 3.53. The molecule has 1 aliphatic heterocycles. The summed E-state index contributed by atoms with van der Waals surface area (Å²) in [5.41, 5.74) is 0.168. The SMILES string of the molecule is CC(CC#N)N(C)C1CCOC2(CCCCC2)C1. The van der Waals surface area contributed by atoms with Crippen molar-refractivity contribution < 1.29 is 4.74 Å². The highest BCUT2D eigenvalue weighted by molar-refractivity contribution is 4.94. The summed E-state index contributed by atoms with van der Waals surface area (Å²) in [6, 6.07) is 3.24. The minimum absolute atomic E-state index is 0.168. The van der Waals surface area contributed by atoms with Crippen molar-refractivity contribution in [2.75, 3.05) is 13.7 Å². The summed E-state index contributed by atoms with van der Waals surface area (Å²) in [6.45, 7) is 3.06. The van der Waals surface area contributed by atoms with E-state index >= 15 is 0 Å². The Morgan fingerprint density at radius 3 is 2.78 bits per heavy atom. The molecule has 18 heavy (non-hydrogen) atoms. The molecule has 0 radical (unpaired) electrons. The van der Waals surface area contributed by atoms with Gasteiger partial charge in [-0.1, -0.05) is 19.3 Å². The van der Waals surface area contributed by atoms with Gasteiger partial charge in [-0.3, -0.25) is 4.90 Å². The summed E-state index contributed by atoms with van der Waals surface area (Å²) >= 11 is 0. The molecule has 1 aliphatic carbocycles. The first-order chi connectivity index (χ1) is 8.67. The van der Waals surface area contributed by atoms with Gasteiger partial charge in [0.15, 0.2) is 0 Å². The zero-order chi connectivity index (χ0) is 13.0. The minimum atomic E-state index is 0.168. The molecule has 1 saturated heterocycles. The Kier molecular flexibility index (Phi) is 4.64. The van der Waals surface area contributed by atoms with E-state index < -0.39 is 0 Å². The van der Waals surface area contributed by atoms with Gasteiger partial charge in [-0.2, -0.15) is 5.26 Å². The van der Waals surface area contributed by atoms with Gasteiger partial charge in [0.1, 0.15) is 0 Å². The molecule has 0 aromatic heterocycles. The molecule has 0 aromatic rings. The predicted octanol–water partition coefficient (Wildman–Crippen LogP) is 3.10. The number of ether oxygens (including phenoxy) is 1. The first-order valence-corrected chi connectivity index (χ1v) is 7.40. The molecular weight excluding hydrogens is 224 g/mol. The number of nitrogens with zero attached hydrogens (tertiary/aromatic N) is 2. The van der Waals surface area contributed by atoms with Crippen LogP contribution in [0.4, 0.5) is 0 Å². The molecule has 1 spiro atoms. The molecule has 1 heterocycles. The Hall–Kier alpha value is -0.590. The van der Waals surface area contributed by atoms with Crippen molar-refractivity contribution in [2.45, 2.75) is 76.0 Å². The van der Waals surface area contributed by atoms with Gasteiger partial charge in [-0.15, -0.1) is 0 Å². The molecule has 102 valence electrons. The molecule has 0 N–H and O–H groups in total. The molecule has 3 heteroatoms. The lowest BCUT2D eigenvalue weighted by Gasteiger charge is -2.46. The lowest BCUT2D eigenvalue weighted by molar-refractivity contribution is -0.124. The van der Waals surface area contributed by atoms with Gasteiger partial charge in [-0.05, 0) is 39.7 Å². The zero-order valence-electron chi connectivity index (χ0n) is 11.8. The second-order valence-corrected chi connectivity index (χ2v) is 6.12. The number of hydrogen-bond donors (Lipinski definition) is 0. The van der Waals surface area contributed by atoms with Crippen LogP contribution in [0, 0.1) is 11.3 Å². The molecule has 0 bridgehead atoms. The quantitative estimate of drug-likeness (QED) is 0.772. The third-order valence-corrected chi connectivity index (χ3v) is 4.89. The van der Waals surface area contributed by atoms with Crippen LogP contribution in [0.2, 0.25) is 0 Å². The molecule has 2 fully saturated rings. The molecule has 2 atom stereocenters. The fraction of sp³-hybridized carbons (Fsp3) is 0.933. The van der Waals surface area contributed by atoms with E-state index in [1.165, 1.54) is 38.5 Å². The fourth-order valence-corrected chi connectivity index (χ4v) is 3.53. The van der Waals surface area contributed by atoms with Gasteiger partial charge in [0.2, 0.25) is 0 Å². The average molecular weight is 250 g/mol. The molecule has 2 aliphatic rings. The smallest absolute Gasteiger partial charge is 0.0697 e. The van der Waals surface area contributed by atoms with Crippen molar-refractivity contribution in [1.82, 2.24) is 4.90 Å². The van der Waals surface area contributed by atoms with Crippen LogP contribution in [0.5, 0.6) is 0 Å². The van der Waals surface area contributed by atoms with Crippen LogP contribution in [0.1, 0.15) is 58.3 Å². The van der Waals surface area contributed by atoms with E-state index in [1.54, 1.807) is 0 Å². The lowest BCUT2D eigenvalue weighted by Crippen LogP contribution is -2.50. The van der Waals surface area contributed by atoms with Gasteiger partial charge >= 0.3 is 0 Å². The largest absolute Gasteiger partial charge is 0.375 e. The highest BCUT2D eigenvalue weighted by Crippen LogP contribution is 2.39. The highest BCUT2D eigenvalue weighted by Gasteiger charge is 2.40. The van der Waals surface area contributed by atoms with Crippen LogP contribution in [0.15, 0.2) is 0 Å². The maximum Gasteiger partial charge on any atom is 0.0697 e. The van der Waals surface area contributed by atoms with Crippen molar-refractivity contribution in [2.24, 2.45) is 0 Å². The van der Waals surface area contributed by atoms with E-state index in [4.69, 9.17) is 10.00 Å². The molecule has 2 rings (SSSR count). The standard InChI is InChI=1S/C15H26N2O/c1-13(6-10-16)17(2)14-7-11-18-15(12-14)8-4-3-5-9-15/h13-14H,3-9,11-12H2,1-2H3. The third-order valence-electron chi connectivity index (χ3n) is 4.89. The Bertz CT molecular complexity index is 299. The Labute approximate surface area is 111 Å². The van der Waals surface area contributed by atoms with Crippen LogP contribution in [0.25, 0.3) is 0 Å². The Morgan fingerprint density at radius 1 is 1.39 bits per heavy atom. The van der Waals surface area contributed by atoms with Crippen molar-refractivity contribution in [1.29, 1.82) is 5.26 Å². The van der Waals surface area contributed by atoms with Crippen LogP contribution < -0.4 is 0 Å². The second-order valence-electron chi connectivity index (χ2n) is 6.12. The van der Waals surface area contributed by atoms with Crippen LogP contribution >= 0.6 is 0 Å². The molecule has 0 amide bonds. The van der Waals surface area contributed by atoms with E-state index in [9.17, 15) is 0 Å². The number of hydrogen-bond acceptors (Lipinski definition) is 3. The predicted molar refractivity (Wildman–Crippen MR) is 72.2 cm³/mol. The molecular formula is C15H26N2O. The summed E-state index contributed by atoms with van der Waals surface area (Å²) in [7, 11) is 2.18. The van der Waals surface area contributed by atoms with E-state index in [-0.39, 0.29) is 5.60 Å². The van der Waals surface area contributed by atoms with Gasteiger partial charge in [-0.25, -0.2) is 0 Å². The molecule has 3 nitrogen and oxygen atoms in total. The number of nitriles is 1. The first kappa shape index (κ1) is 13.8. The Morgan fingerprint density at radius 2 is 2.11 bits per heavy atom. The van der Waals surface area contributed by atoms with Crippen LogP contribution in [-0.2, 0) is 4.74 Å². The summed E-state index contributed by atoms with van der Waals surface area (Å²) in [5, 5.41) is 8.82. The lowest BCUT2D eigenvalue weighted by atomic mass is 9.78. The number of rotatable bonds is 3. The van der Waals surface area contributed by atoms with Gasteiger partial charge in [0, 0.05) is 18.7 Å². The maximum absolute atomic E-state index is 8.82. The summed E-state index contributed by atoms with van der Waals surface area (Å²) in [5.74, 6) is 0. The monoisotopic (exact) mass is 250 g/mol. The van der Waals surface area contributed by atoms with Gasteiger partial charge in [0.05, 0.1) is 18.1 Å². The minimum Gasteiger partial charge on any atom is -0.375 e. The van der Waals surface area contributed by atoms with E-state index in [1.807, 2.05) is 0 Å². The normalized spacial score (nSPS) is 29.1. The average Bonchev–Trinajstić information content (AvgIpc) is 2.39. The van der Waals surface area contributed by atoms with E-state index in [2.05, 4.69) is 24.9 Å². The van der Waals surface area contributed by atoms with Crippen LogP contribution in [-0.4, -0.2) is 36.2 Å². The Balaban J connectivity index is 1.95. The summed E-state index contributed by atoms with van der Waals surface area (Å²) in [4.78, 5) is 2.40. The van der Waals surface area contributed by atoms with Crippen molar-refractivity contribution in [3.05, 3.63) is 0 Å².